The molecule has 0 aliphatic carbocycles. The lowest BCUT2D eigenvalue weighted by molar-refractivity contribution is 0.0998. The number of ether oxygens (including phenoxy) is 1. The van der Waals surface area contributed by atoms with Crippen LogP contribution in [-0.2, 0) is 0 Å². The molecule has 7 heteroatoms. The van der Waals surface area contributed by atoms with Crippen molar-refractivity contribution in [2.24, 2.45) is 5.73 Å². The van der Waals surface area contributed by atoms with Crippen LogP contribution in [0, 0.1) is 5.82 Å². The van der Waals surface area contributed by atoms with Crippen molar-refractivity contribution < 1.29 is 13.9 Å². The second-order valence-corrected chi connectivity index (χ2v) is 3.64. The number of aromatic nitrogens is 2. The number of hydrogen-bond donors (Lipinski definition) is 1. The molecule has 2 rings (SSSR count). The SMILES string of the molecule is COc1ccc(F)cc1-n1nccc(C(N)=O)c1=O. The van der Waals surface area contributed by atoms with Gasteiger partial charge in [-0.05, 0) is 18.2 Å². The van der Waals surface area contributed by atoms with Gasteiger partial charge in [0.1, 0.15) is 22.8 Å². The Hall–Kier alpha value is -2.70. The van der Waals surface area contributed by atoms with Crippen LogP contribution in [0.5, 0.6) is 5.75 Å². The third-order valence-corrected chi connectivity index (χ3v) is 2.48. The minimum absolute atomic E-state index is 0.0931. The van der Waals surface area contributed by atoms with E-state index in [1.165, 1.54) is 31.5 Å². The van der Waals surface area contributed by atoms with Crippen LogP contribution in [-0.4, -0.2) is 22.8 Å². The topological polar surface area (TPSA) is 87.2 Å². The third-order valence-electron chi connectivity index (χ3n) is 2.48. The molecule has 0 bridgehead atoms. The lowest BCUT2D eigenvalue weighted by Gasteiger charge is -2.10. The minimum atomic E-state index is -0.878. The molecule has 0 aliphatic rings. The lowest BCUT2D eigenvalue weighted by Crippen LogP contribution is -2.30. The highest BCUT2D eigenvalue weighted by Gasteiger charge is 2.14. The maximum atomic E-state index is 13.3. The Morgan fingerprint density at radius 2 is 2.16 bits per heavy atom. The molecule has 1 aromatic heterocycles. The van der Waals surface area contributed by atoms with E-state index in [1.807, 2.05) is 0 Å². The summed E-state index contributed by atoms with van der Waals surface area (Å²) in [5.41, 5.74) is 4.20. The van der Waals surface area contributed by atoms with E-state index in [-0.39, 0.29) is 17.0 Å². The van der Waals surface area contributed by atoms with Crippen molar-refractivity contribution in [3.63, 3.8) is 0 Å². The number of primary amides is 1. The van der Waals surface area contributed by atoms with E-state index >= 15 is 0 Å². The van der Waals surface area contributed by atoms with Crippen LogP contribution in [0.15, 0.2) is 35.3 Å². The molecule has 0 fully saturated rings. The summed E-state index contributed by atoms with van der Waals surface area (Å²) in [6.45, 7) is 0. The molecule has 2 N–H and O–H groups in total. The molecule has 0 radical (unpaired) electrons. The number of amides is 1. The molecule has 19 heavy (non-hydrogen) atoms. The first kappa shape index (κ1) is 12.7. The smallest absolute Gasteiger partial charge is 0.284 e. The molecule has 0 aliphatic heterocycles. The summed E-state index contributed by atoms with van der Waals surface area (Å²) in [6.07, 6.45) is 1.23. The summed E-state index contributed by atoms with van der Waals surface area (Å²) in [4.78, 5) is 23.1. The van der Waals surface area contributed by atoms with Crippen molar-refractivity contribution >= 4 is 5.91 Å². The number of benzene rings is 1. The van der Waals surface area contributed by atoms with Gasteiger partial charge in [0.15, 0.2) is 0 Å². The van der Waals surface area contributed by atoms with Crippen molar-refractivity contribution in [3.05, 3.63) is 52.2 Å². The highest BCUT2D eigenvalue weighted by Crippen LogP contribution is 2.21. The van der Waals surface area contributed by atoms with Gasteiger partial charge in [0.05, 0.1) is 7.11 Å². The van der Waals surface area contributed by atoms with Gasteiger partial charge < -0.3 is 10.5 Å². The van der Waals surface area contributed by atoms with Crippen LogP contribution < -0.4 is 16.0 Å². The maximum absolute atomic E-state index is 13.3. The van der Waals surface area contributed by atoms with Gasteiger partial charge >= 0.3 is 0 Å². The Labute approximate surface area is 107 Å². The van der Waals surface area contributed by atoms with E-state index in [1.54, 1.807) is 0 Å². The largest absolute Gasteiger partial charge is 0.494 e. The molecule has 1 heterocycles. The van der Waals surface area contributed by atoms with Crippen molar-refractivity contribution in [2.75, 3.05) is 7.11 Å². The molecular formula is C12H10FN3O3. The number of carbonyl (C=O) groups excluding carboxylic acids is 1. The summed E-state index contributed by atoms with van der Waals surface area (Å²) in [5.74, 6) is -1.19. The number of carbonyl (C=O) groups is 1. The first-order chi connectivity index (χ1) is 9.04. The van der Waals surface area contributed by atoms with E-state index in [2.05, 4.69) is 5.10 Å². The van der Waals surface area contributed by atoms with E-state index in [0.29, 0.717) is 0 Å². The highest BCUT2D eigenvalue weighted by molar-refractivity contribution is 5.92. The van der Waals surface area contributed by atoms with Gasteiger partial charge in [-0.2, -0.15) is 9.78 Å². The van der Waals surface area contributed by atoms with Crippen LogP contribution in [0.3, 0.4) is 0 Å². The van der Waals surface area contributed by atoms with E-state index in [4.69, 9.17) is 10.5 Å². The lowest BCUT2D eigenvalue weighted by atomic mass is 10.2. The van der Waals surface area contributed by atoms with E-state index in [9.17, 15) is 14.0 Å². The van der Waals surface area contributed by atoms with Crippen molar-refractivity contribution in [1.82, 2.24) is 9.78 Å². The van der Waals surface area contributed by atoms with Gasteiger partial charge in [-0.25, -0.2) is 4.39 Å². The molecule has 0 saturated carbocycles. The van der Waals surface area contributed by atoms with Crippen molar-refractivity contribution in [2.45, 2.75) is 0 Å². The minimum Gasteiger partial charge on any atom is -0.494 e. The van der Waals surface area contributed by atoms with Crippen LogP contribution >= 0.6 is 0 Å². The molecule has 1 aromatic carbocycles. The van der Waals surface area contributed by atoms with Gasteiger partial charge in [-0.15, -0.1) is 0 Å². The number of halogens is 1. The average Bonchev–Trinajstić information content (AvgIpc) is 2.38. The molecule has 1 amide bonds. The Kier molecular flexibility index (Phi) is 3.28. The van der Waals surface area contributed by atoms with Gasteiger partial charge in [0.2, 0.25) is 0 Å². The Morgan fingerprint density at radius 1 is 1.42 bits per heavy atom. The number of hydrogen-bond acceptors (Lipinski definition) is 4. The predicted molar refractivity (Wildman–Crippen MR) is 64.9 cm³/mol. The predicted octanol–water partition coefficient (Wildman–Crippen LogP) is 0.479. The first-order valence-corrected chi connectivity index (χ1v) is 5.26. The fraction of sp³-hybridized carbons (Fsp3) is 0.0833. The Morgan fingerprint density at radius 3 is 2.79 bits per heavy atom. The van der Waals surface area contributed by atoms with Crippen molar-refractivity contribution in [1.29, 1.82) is 0 Å². The molecule has 98 valence electrons. The zero-order valence-electron chi connectivity index (χ0n) is 9.96. The molecule has 0 unspecified atom stereocenters. The number of methoxy groups -OCH3 is 1. The van der Waals surface area contributed by atoms with Crippen LogP contribution in [0.1, 0.15) is 10.4 Å². The zero-order valence-corrected chi connectivity index (χ0v) is 9.96. The molecule has 6 nitrogen and oxygen atoms in total. The number of rotatable bonds is 3. The normalized spacial score (nSPS) is 10.2. The molecule has 2 aromatic rings. The fourth-order valence-electron chi connectivity index (χ4n) is 1.60. The molecule has 0 saturated heterocycles. The van der Waals surface area contributed by atoms with Crippen LogP contribution in [0.4, 0.5) is 4.39 Å². The second-order valence-electron chi connectivity index (χ2n) is 3.64. The van der Waals surface area contributed by atoms with Crippen LogP contribution in [0.25, 0.3) is 5.69 Å². The summed E-state index contributed by atoms with van der Waals surface area (Å²) in [5, 5.41) is 3.79. The number of nitrogens with zero attached hydrogens (tertiary/aromatic N) is 2. The Bertz CT molecular complexity index is 697. The van der Waals surface area contributed by atoms with Gasteiger partial charge in [-0.3, -0.25) is 9.59 Å². The van der Waals surface area contributed by atoms with Crippen LogP contribution in [0.2, 0.25) is 0 Å². The molecule has 0 atom stereocenters. The van der Waals surface area contributed by atoms with Gasteiger partial charge in [0, 0.05) is 12.3 Å². The first-order valence-electron chi connectivity index (χ1n) is 5.26. The third kappa shape index (κ3) is 2.30. The van der Waals surface area contributed by atoms with Gasteiger partial charge in [0.25, 0.3) is 11.5 Å². The van der Waals surface area contributed by atoms with Gasteiger partial charge in [-0.1, -0.05) is 0 Å². The molecule has 0 spiro atoms. The Balaban J connectivity index is 2.72. The summed E-state index contributed by atoms with van der Waals surface area (Å²) in [6, 6.07) is 4.83. The molecular weight excluding hydrogens is 253 g/mol. The quantitative estimate of drug-likeness (QED) is 0.872. The van der Waals surface area contributed by atoms with E-state index in [0.717, 1.165) is 10.7 Å². The fourth-order valence-corrected chi connectivity index (χ4v) is 1.60. The average molecular weight is 263 g/mol. The maximum Gasteiger partial charge on any atom is 0.284 e. The summed E-state index contributed by atoms with van der Waals surface area (Å²) < 4.78 is 19.2. The highest BCUT2D eigenvalue weighted by atomic mass is 19.1. The number of nitrogens with two attached hydrogens (primary N) is 1. The summed E-state index contributed by atoms with van der Waals surface area (Å²) >= 11 is 0. The second kappa shape index (κ2) is 4.89. The monoisotopic (exact) mass is 263 g/mol. The van der Waals surface area contributed by atoms with Crippen molar-refractivity contribution in [3.8, 4) is 11.4 Å². The summed E-state index contributed by atoms with van der Waals surface area (Å²) in [7, 11) is 1.37. The van der Waals surface area contributed by atoms with E-state index < -0.39 is 17.3 Å². The zero-order chi connectivity index (χ0) is 14.0. The standard InChI is InChI=1S/C12H10FN3O3/c1-19-10-3-2-7(13)6-9(10)16-12(18)8(11(14)17)4-5-15-16/h2-6H,1H3,(H2,14,17).